The summed E-state index contributed by atoms with van der Waals surface area (Å²) in [5.41, 5.74) is 2.24. The van der Waals surface area contributed by atoms with Crippen LogP contribution >= 0.6 is 11.3 Å². The molecular weight excluding hydrogens is 286 g/mol. The van der Waals surface area contributed by atoms with E-state index in [-0.39, 0.29) is 6.61 Å². The molecular formula is C16H15NO3S. The molecule has 0 unspecified atom stereocenters. The lowest BCUT2D eigenvalue weighted by atomic mass is 10.0. The minimum atomic E-state index is -0.443. The minimum Gasteiger partial charge on any atom is -0.462 e. The van der Waals surface area contributed by atoms with Crippen molar-refractivity contribution in [2.75, 3.05) is 6.61 Å². The first kappa shape index (κ1) is 15.2. The highest BCUT2D eigenvalue weighted by molar-refractivity contribution is 7.19. The fraction of sp³-hybridized carbons (Fsp3) is 0.250. The van der Waals surface area contributed by atoms with E-state index in [1.54, 1.807) is 6.92 Å². The van der Waals surface area contributed by atoms with E-state index in [2.05, 4.69) is 4.99 Å². The highest BCUT2D eigenvalue weighted by Gasteiger charge is 2.24. The van der Waals surface area contributed by atoms with E-state index in [0.717, 1.165) is 16.0 Å². The average Bonchev–Trinajstić information content (AvgIpc) is 2.87. The smallest absolute Gasteiger partial charge is 0.341 e. The molecule has 1 heterocycles. The molecule has 0 fully saturated rings. The molecule has 0 saturated carbocycles. The summed E-state index contributed by atoms with van der Waals surface area (Å²) < 4.78 is 5.08. The summed E-state index contributed by atoms with van der Waals surface area (Å²) in [7, 11) is 0. The summed E-state index contributed by atoms with van der Waals surface area (Å²) in [6, 6.07) is 9.73. The Balaban J connectivity index is 2.65. The quantitative estimate of drug-likeness (QED) is 0.474. The largest absolute Gasteiger partial charge is 0.462 e. The van der Waals surface area contributed by atoms with E-state index in [1.807, 2.05) is 37.3 Å². The number of hydrogen-bond acceptors (Lipinski definition) is 5. The Morgan fingerprint density at radius 1 is 1.29 bits per heavy atom. The Bertz CT molecular complexity index is 685. The Kier molecular flexibility index (Phi) is 5.04. The Morgan fingerprint density at radius 2 is 2.00 bits per heavy atom. The number of nitrogens with zero attached hydrogens (tertiary/aromatic N) is 1. The molecule has 2 rings (SSSR count). The first-order valence-corrected chi connectivity index (χ1v) is 7.50. The lowest BCUT2D eigenvalue weighted by molar-refractivity contribution is 0.0527. The van der Waals surface area contributed by atoms with Crippen LogP contribution in [0.4, 0.5) is 5.00 Å². The summed E-state index contributed by atoms with van der Waals surface area (Å²) in [5, 5.41) is 0.360. The second-order valence-electron chi connectivity index (χ2n) is 4.23. The van der Waals surface area contributed by atoms with Gasteiger partial charge in [-0.05, 0) is 24.5 Å². The molecule has 0 amide bonds. The van der Waals surface area contributed by atoms with Crippen molar-refractivity contribution in [1.29, 1.82) is 0 Å². The molecule has 2 aromatic rings. The number of benzene rings is 1. The van der Waals surface area contributed by atoms with Gasteiger partial charge < -0.3 is 4.74 Å². The lowest BCUT2D eigenvalue weighted by Crippen LogP contribution is -2.06. The molecule has 0 N–H and O–H groups in total. The van der Waals surface area contributed by atoms with Gasteiger partial charge in [0.2, 0.25) is 6.08 Å². The predicted octanol–water partition coefficient (Wildman–Crippen LogP) is 4.12. The highest BCUT2D eigenvalue weighted by Crippen LogP contribution is 2.42. The zero-order chi connectivity index (χ0) is 15.2. The lowest BCUT2D eigenvalue weighted by Gasteiger charge is -2.05. The molecule has 4 nitrogen and oxygen atoms in total. The summed E-state index contributed by atoms with van der Waals surface area (Å²) in [6.07, 6.45) is 2.17. The van der Waals surface area contributed by atoms with Crippen LogP contribution in [0.2, 0.25) is 0 Å². The number of thiophene rings is 1. The van der Waals surface area contributed by atoms with E-state index in [0.29, 0.717) is 17.0 Å². The van der Waals surface area contributed by atoms with Gasteiger partial charge in [-0.3, -0.25) is 0 Å². The van der Waals surface area contributed by atoms with E-state index in [4.69, 9.17) is 4.74 Å². The van der Waals surface area contributed by atoms with Crippen molar-refractivity contribution < 1.29 is 14.3 Å². The topological polar surface area (TPSA) is 55.7 Å². The Morgan fingerprint density at radius 3 is 2.57 bits per heavy atom. The van der Waals surface area contributed by atoms with Gasteiger partial charge in [0.15, 0.2) is 0 Å². The van der Waals surface area contributed by atoms with Gasteiger partial charge in [-0.25, -0.2) is 9.59 Å². The van der Waals surface area contributed by atoms with Crippen molar-refractivity contribution in [3.63, 3.8) is 0 Å². The van der Waals surface area contributed by atoms with Crippen LogP contribution in [0.5, 0.6) is 0 Å². The molecule has 0 atom stereocenters. The summed E-state index contributed by atoms with van der Waals surface area (Å²) >= 11 is 1.31. The second-order valence-corrected chi connectivity index (χ2v) is 5.23. The van der Waals surface area contributed by atoms with Gasteiger partial charge in [0.25, 0.3) is 0 Å². The van der Waals surface area contributed by atoms with Gasteiger partial charge in [-0.2, -0.15) is 4.99 Å². The molecule has 0 aliphatic heterocycles. The Hall–Kier alpha value is -2.23. The van der Waals surface area contributed by atoms with Gasteiger partial charge in [0.05, 0.1) is 6.61 Å². The molecule has 0 radical (unpaired) electrons. The summed E-state index contributed by atoms with van der Waals surface area (Å²) in [6.45, 7) is 3.99. The number of carbonyl (C=O) groups is 1. The van der Waals surface area contributed by atoms with Gasteiger partial charge in [-0.1, -0.05) is 37.3 Å². The van der Waals surface area contributed by atoms with E-state index in [9.17, 15) is 9.59 Å². The van der Waals surface area contributed by atoms with Crippen LogP contribution in [0, 0.1) is 0 Å². The van der Waals surface area contributed by atoms with Crippen LogP contribution in [0.25, 0.3) is 10.4 Å². The van der Waals surface area contributed by atoms with Crippen molar-refractivity contribution in [1.82, 2.24) is 0 Å². The van der Waals surface area contributed by atoms with Crippen LogP contribution in [0.1, 0.15) is 29.8 Å². The first-order chi connectivity index (χ1) is 10.2. The number of aliphatic imine (C=N–C) groups is 1. The maximum atomic E-state index is 12.2. The fourth-order valence-electron chi connectivity index (χ4n) is 2.15. The van der Waals surface area contributed by atoms with Gasteiger partial charge in [-0.15, -0.1) is 11.3 Å². The number of rotatable bonds is 5. The third-order valence-electron chi connectivity index (χ3n) is 3.00. The molecule has 0 saturated heterocycles. The third-order valence-corrected chi connectivity index (χ3v) is 4.18. The van der Waals surface area contributed by atoms with Crippen LogP contribution in [-0.4, -0.2) is 18.7 Å². The molecule has 1 aromatic carbocycles. The van der Waals surface area contributed by atoms with Crippen LogP contribution in [0.15, 0.2) is 35.3 Å². The van der Waals surface area contributed by atoms with Crippen molar-refractivity contribution >= 4 is 28.4 Å². The monoisotopic (exact) mass is 301 g/mol. The number of esters is 1. The second kappa shape index (κ2) is 6.97. The summed E-state index contributed by atoms with van der Waals surface area (Å²) in [4.78, 5) is 27.4. The van der Waals surface area contributed by atoms with Crippen LogP contribution in [-0.2, 0) is 16.0 Å². The third kappa shape index (κ3) is 3.10. The average molecular weight is 301 g/mol. The van der Waals surface area contributed by atoms with Crippen LogP contribution < -0.4 is 0 Å². The maximum absolute atomic E-state index is 12.2. The zero-order valence-electron chi connectivity index (χ0n) is 11.9. The molecule has 0 bridgehead atoms. The number of ether oxygens (including phenoxy) is 1. The predicted molar refractivity (Wildman–Crippen MR) is 82.9 cm³/mol. The number of hydrogen-bond donors (Lipinski definition) is 0. The van der Waals surface area contributed by atoms with Gasteiger partial charge in [0, 0.05) is 4.88 Å². The molecule has 0 aliphatic carbocycles. The van der Waals surface area contributed by atoms with Crippen molar-refractivity contribution in [3.8, 4) is 10.4 Å². The number of carbonyl (C=O) groups excluding carboxylic acids is 2. The molecule has 5 heteroatoms. The molecule has 0 aliphatic rings. The summed E-state index contributed by atoms with van der Waals surface area (Å²) in [5.74, 6) is -0.443. The van der Waals surface area contributed by atoms with Gasteiger partial charge >= 0.3 is 5.97 Å². The number of isocyanates is 1. The van der Waals surface area contributed by atoms with Crippen LogP contribution in [0.3, 0.4) is 0 Å². The zero-order valence-corrected chi connectivity index (χ0v) is 12.7. The van der Waals surface area contributed by atoms with E-state index >= 15 is 0 Å². The Labute approximate surface area is 127 Å². The maximum Gasteiger partial charge on any atom is 0.341 e. The highest BCUT2D eigenvalue weighted by atomic mass is 32.1. The van der Waals surface area contributed by atoms with Crippen molar-refractivity contribution in [3.05, 3.63) is 41.5 Å². The molecule has 108 valence electrons. The van der Waals surface area contributed by atoms with E-state index < -0.39 is 5.97 Å². The first-order valence-electron chi connectivity index (χ1n) is 6.68. The standard InChI is InChI=1S/C16H15NO3S/c1-3-12-13(16(19)20-4-2)15(17-10-18)21-14(12)11-8-6-5-7-9-11/h5-9H,3-4H2,1-2H3. The SMILES string of the molecule is CCOC(=O)c1c(N=C=O)sc(-c2ccccc2)c1CC. The van der Waals surface area contributed by atoms with Crippen molar-refractivity contribution in [2.45, 2.75) is 20.3 Å². The van der Waals surface area contributed by atoms with Crippen molar-refractivity contribution in [2.24, 2.45) is 4.99 Å². The normalized spacial score (nSPS) is 10.0. The molecule has 0 spiro atoms. The molecule has 1 aromatic heterocycles. The van der Waals surface area contributed by atoms with E-state index in [1.165, 1.54) is 17.4 Å². The molecule has 21 heavy (non-hydrogen) atoms. The fourth-order valence-corrected chi connectivity index (χ4v) is 3.35. The van der Waals surface area contributed by atoms with Gasteiger partial charge in [0.1, 0.15) is 10.6 Å². The minimum absolute atomic E-state index is 0.281.